The molecule has 160 valence electrons. The maximum Gasteiger partial charge on any atom is 0.271 e. The number of ether oxygens (including phenoxy) is 1. The van der Waals surface area contributed by atoms with Crippen LogP contribution in [0.2, 0.25) is 0 Å². The van der Waals surface area contributed by atoms with Crippen LogP contribution in [0, 0.1) is 0 Å². The highest BCUT2D eigenvalue weighted by atomic mass is 16.5. The lowest BCUT2D eigenvalue weighted by molar-refractivity contribution is 0.0955. The molecule has 0 unspecified atom stereocenters. The Morgan fingerprint density at radius 1 is 1.09 bits per heavy atom. The number of hydrogen-bond donors (Lipinski definition) is 2. The standard InChI is InChI=1S/C24H20N4O4/c1-2-32-18-9-7-17(8-10-18)28-23(30)20-6-4-3-5-19(20)21(24(28)31)15-26-27-22(29)16-11-13-25-14-12-16/h3-15,31H,2H2,1H3,(H,27,29)/b26-15+. The van der Waals surface area contributed by atoms with E-state index in [0.29, 0.717) is 39.9 Å². The van der Waals surface area contributed by atoms with Gasteiger partial charge in [0.2, 0.25) is 5.88 Å². The van der Waals surface area contributed by atoms with Crippen LogP contribution in [0.4, 0.5) is 0 Å². The quantitative estimate of drug-likeness (QED) is 0.362. The van der Waals surface area contributed by atoms with Crippen molar-refractivity contribution in [2.45, 2.75) is 6.92 Å². The van der Waals surface area contributed by atoms with Gasteiger partial charge in [-0.3, -0.25) is 14.6 Å². The molecule has 0 aliphatic heterocycles. The van der Waals surface area contributed by atoms with E-state index >= 15 is 0 Å². The summed E-state index contributed by atoms with van der Waals surface area (Å²) in [5.74, 6) is -0.0581. The molecule has 2 aromatic carbocycles. The number of carbonyl (C=O) groups excluding carboxylic acids is 1. The Bertz CT molecular complexity index is 1350. The van der Waals surface area contributed by atoms with Crippen molar-refractivity contribution >= 4 is 22.9 Å². The summed E-state index contributed by atoms with van der Waals surface area (Å²) < 4.78 is 6.65. The van der Waals surface area contributed by atoms with Crippen molar-refractivity contribution in [3.8, 4) is 17.3 Å². The molecular weight excluding hydrogens is 408 g/mol. The van der Waals surface area contributed by atoms with Gasteiger partial charge in [0.15, 0.2) is 0 Å². The molecule has 0 spiro atoms. The number of hydrazone groups is 1. The van der Waals surface area contributed by atoms with E-state index in [9.17, 15) is 14.7 Å². The number of rotatable bonds is 6. The van der Waals surface area contributed by atoms with E-state index in [2.05, 4.69) is 15.5 Å². The van der Waals surface area contributed by atoms with Gasteiger partial charge >= 0.3 is 0 Å². The minimum absolute atomic E-state index is 0.292. The Labute approximate surface area is 183 Å². The van der Waals surface area contributed by atoms with Crippen LogP contribution >= 0.6 is 0 Å². The third-order valence-electron chi connectivity index (χ3n) is 4.81. The fourth-order valence-corrected chi connectivity index (χ4v) is 3.31. The van der Waals surface area contributed by atoms with Crippen LogP contribution in [0.1, 0.15) is 22.8 Å². The highest BCUT2D eigenvalue weighted by Crippen LogP contribution is 2.26. The zero-order valence-corrected chi connectivity index (χ0v) is 17.2. The van der Waals surface area contributed by atoms with Crippen LogP contribution in [0.15, 0.2) is 83.0 Å². The van der Waals surface area contributed by atoms with Gasteiger partial charge in [-0.1, -0.05) is 18.2 Å². The van der Waals surface area contributed by atoms with Gasteiger partial charge in [-0.05, 0) is 49.4 Å². The van der Waals surface area contributed by atoms with Gasteiger partial charge < -0.3 is 9.84 Å². The van der Waals surface area contributed by atoms with Gasteiger partial charge in [-0.15, -0.1) is 0 Å². The van der Waals surface area contributed by atoms with E-state index in [1.165, 1.54) is 23.2 Å². The Kier molecular flexibility index (Phi) is 5.94. The fraction of sp³-hybridized carbons (Fsp3) is 0.0833. The maximum atomic E-state index is 13.1. The molecule has 8 nitrogen and oxygen atoms in total. The molecule has 4 rings (SSSR count). The van der Waals surface area contributed by atoms with E-state index in [1.54, 1.807) is 60.7 Å². The monoisotopic (exact) mass is 428 g/mol. The second-order valence-electron chi connectivity index (χ2n) is 6.79. The van der Waals surface area contributed by atoms with Crippen molar-refractivity contribution in [3.05, 3.63) is 94.5 Å². The van der Waals surface area contributed by atoms with E-state index in [4.69, 9.17) is 4.74 Å². The molecular formula is C24H20N4O4. The van der Waals surface area contributed by atoms with Gasteiger partial charge in [0, 0.05) is 28.7 Å². The average molecular weight is 428 g/mol. The molecule has 0 aliphatic rings. The number of aromatic hydroxyl groups is 1. The Morgan fingerprint density at radius 2 is 1.78 bits per heavy atom. The van der Waals surface area contributed by atoms with E-state index in [-0.39, 0.29) is 11.4 Å². The van der Waals surface area contributed by atoms with Crippen LogP contribution in [0.5, 0.6) is 11.6 Å². The summed E-state index contributed by atoms with van der Waals surface area (Å²) >= 11 is 0. The zero-order valence-electron chi connectivity index (χ0n) is 17.2. The molecule has 1 amide bonds. The highest BCUT2D eigenvalue weighted by molar-refractivity contribution is 6.02. The topological polar surface area (TPSA) is 106 Å². The van der Waals surface area contributed by atoms with Gasteiger partial charge in [0.25, 0.3) is 11.5 Å². The summed E-state index contributed by atoms with van der Waals surface area (Å²) in [5.41, 5.74) is 3.21. The number of hydrogen-bond acceptors (Lipinski definition) is 6. The number of fused-ring (bicyclic) bond motifs is 1. The van der Waals surface area contributed by atoms with Crippen LogP contribution in [0.3, 0.4) is 0 Å². The summed E-state index contributed by atoms with van der Waals surface area (Å²) in [6.45, 7) is 2.40. The number of aromatic nitrogens is 2. The second-order valence-corrected chi connectivity index (χ2v) is 6.79. The summed E-state index contributed by atoms with van der Waals surface area (Å²) in [5, 5.41) is 15.9. The first-order valence-electron chi connectivity index (χ1n) is 9.93. The summed E-state index contributed by atoms with van der Waals surface area (Å²) in [4.78, 5) is 29.2. The molecule has 0 saturated carbocycles. The lowest BCUT2D eigenvalue weighted by atomic mass is 10.1. The van der Waals surface area contributed by atoms with Gasteiger partial charge in [0.1, 0.15) is 5.75 Å². The predicted molar refractivity (Wildman–Crippen MR) is 122 cm³/mol. The van der Waals surface area contributed by atoms with Crippen molar-refractivity contribution in [2.75, 3.05) is 6.61 Å². The van der Waals surface area contributed by atoms with Crippen LogP contribution in [-0.4, -0.2) is 33.4 Å². The first kappa shape index (κ1) is 20.8. The van der Waals surface area contributed by atoms with Gasteiger partial charge in [-0.2, -0.15) is 5.10 Å². The Balaban J connectivity index is 1.76. The van der Waals surface area contributed by atoms with Crippen molar-refractivity contribution in [3.63, 3.8) is 0 Å². The number of nitrogens with one attached hydrogen (secondary N) is 1. The van der Waals surface area contributed by atoms with Gasteiger partial charge in [-0.25, -0.2) is 9.99 Å². The van der Waals surface area contributed by atoms with Crippen molar-refractivity contribution < 1.29 is 14.6 Å². The molecule has 32 heavy (non-hydrogen) atoms. The normalized spacial score (nSPS) is 11.0. The molecule has 0 bridgehead atoms. The molecule has 0 atom stereocenters. The average Bonchev–Trinajstić information content (AvgIpc) is 2.83. The number of benzene rings is 2. The first-order chi connectivity index (χ1) is 15.6. The van der Waals surface area contributed by atoms with Crippen molar-refractivity contribution in [2.24, 2.45) is 5.10 Å². The van der Waals surface area contributed by atoms with E-state index < -0.39 is 5.91 Å². The predicted octanol–water partition coefficient (Wildman–Crippen LogP) is 3.25. The number of carbonyl (C=O) groups is 1. The molecule has 0 fully saturated rings. The smallest absolute Gasteiger partial charge is 0.271 e. The van der Waals surface area contributed by atoms with Crippen LogP contribution in [-0.2, 0) is 0 Å². The first-order valence-corrected chi connectivity index (χ1v) is 9.93. The van der Waals surface area contributed by atoms with Crippen LogP contribution < -0.4 is 15.7 Å². The van der Waals surface area contributed by atoms with Crippen molar-refractivity contribution in [1.82, 2.24) is 15.0 Å². The molecule has 8 heteroatoms. The van der Waals surface area contributed by atoms with E-state index in [1.807, 2.05) is 6.92 Å². The molecule has 2 heterocycles. The minimum atomic E-state index is -0.424. The molecule has 0 aliphatic carbocycles. The number of pyridine rings is 2. The molecule has 2 N–H and O–H groups in total. The third kappa shape index (κ3) is 4.06. The Hall–Kier alpha value is -4.46. The molecule has 0 radical (unpaired) electrons. The van der Waals surface area contributed by atoms with Crippen LogP contribution in [0.25, 0.3) is 16.5 Å². The van der Waals surface area contributed by atoms with E-state index in [0.717, 1.165) is 0 Å². The summed E-state index contributed by atoms with van der Waals surface area (Å²) in [6, 6.07) is 16.8. The Morgan fingerprint density at radius 3 is 2.47 bits per heavy atom. The fourth-order valence-electron chi connectivity index (χ4n) is 3.31. The lowest BCUT2D eigenvalue weighted by Crippen LogP contribution is -2.21. The minimum Gasteiger partial charge on any atom is -0.494 e. The zero-order chi connectivity index (χ0) is 22.5. The SMILES string of the molecule is CCOc1ccc(-n2c(O)c(/C=N/NC(=O)c3ccncc3)c3ccccc3c2=O)cc1. The number of nitrogens with zero attached hydrogens (tertiary/aromatic N) is 3. The van der Waals surface area contributed by atoms with Gasteiger partial charge in [0.05, 0.1) is 24.1 Å². The summed E-state index contributed by atoms with van der Waals surface area (Å²) in [7, 11) is 0. The molecule has 4 aromatic rings. The summed E-state index contributed by atoms with van der Waals surface area (Å²) in [6.07, 6.45) is 4.33. The second kappa shape index (κ2) is 9.13. The van der Waals surface area contributed by atoms with Crippen molar-refractivity contribution in [1.29, 1.82) is 0 Å². The lowest BCUT2D eigenvalue weighted by Gasteiger charge is -2.14. The third-order valence-corrected chi connectivity index (χ3v) is 4.81. The maximum absolute atomic E-state index is 13.1. The number of amides is 1. The largest absolute Gasteiger partial charge is 0.494 e. The molecule has 2 aromatic heterocycles. The highest BCUT2D eigenvalue weighted by Gasteiger charge is 2.16. The molecule has 0 saturated heterocycles.